The van der Waals surface area contributed by atoms with Crippen LogP contribution in [-0.4, -0.2) is 30.6 Å². The number of esters is 1. The highest BCUT2D eigenvalue weighted by Gasteiger charge is 2.18. The Morgan fingerprint density at radius 2 is 1.84 bits per heavy atom. The highest BCUT2D eigenvalue weighted by molar-refractivity contribution is 6.19. The molecule has 0 aliphatic rings. The van der Waals surface area contributed by atoms with Crippen LogP contribution in [0.25, 0.3) is 6.08 Å². The molecule has 0 amide bonds. The van der Waals surface area contributed by atoms with Gasteiger partial charge >= 0.3 is 5.97 Å². The average molecular weight is 348 g/mol. The lowest BCUT2D eigenvalue weighted by Gasteiger charge is -2.14. The monoisotopic (exact) mass is 348 g/mol. The van der Waals surface area contributed by atoms with Crippen molar-refractivity contribution in [3.63, 3.8) is 0 Å². The number of hydrogen-bond donors (Lipinski definition) is 1. The lowest BCUT2D eigenvalue weighted by Crippen LogP contribution is -2.15. The van der Waals surface area contributed by atoms with E-state index in [1.807, 2.05) is 27.7 Å². The number of ether oxygens (including phenoxy) is 2. The van der Waals surface area contributed by atoms with Gasteiger partial charge in [-0.15, -0.1) is 0 Å². The summed E-state index contributed by atoms with van der Waals surface area (Å²) in [6.45, 7) is 9.55. The van der Waals surface area contributed by atoms with Gasteiger partial charge in [-0.05, 0) is 49.0 Å². The molecule has 0 atom stereocenters. The van der Waals surface area contributed by atoms with E-state index in [9.17, 15) is 14.7 Å². The number of ketones is 1. The molecule has 5 nitrogen and oxygen atoms in total. The minimum atomic E-state index is -0.633. The summed E-state index contributed by atoms with van der Waals surface area (Å²) in [5, 5.41) is 10.2. The predicted octanol–water partition coefficient (Wildman–Crippen LogP) is 4.09. The normalized spacial score (nSPS) is 11.8. The Bertz CT molecular complexity index is 656. The van der Waals surface area contributed by atoms with Crippen LogP contribution in [0, 0.1) is 5.92 Å². The average Bonchev–Trinajstić information content (AvgIpc) is 2.52. The largest absolute Gasteiger partial charge is 0.504 e. The van der Waals surface area contributed by atoms with Gasteiger partial charge in [0.15, 0.2) is 17.3 Å². The van der Waals surface area contributed by atoms with Crippen LogP contribution in [0.4, 0.5) is 0 Å². The minimum Gasteiger partial charge on any atom is -0.504 e. The maximum absolute atomic E-state index is 12.2. The van der Waals surface area contributed by atoms with Crippen LogP contribution in [0.15, 0.2) is 17.7 Å². The molecule has 0 aromatic heterocycles. The molecule has 0 bridgehead atoms. The van der Waals surface area contributed by atoms with Crippen molar-refractivity contribution in [2.24, 2.45) is 5.92 Å². The fraction of sp³-hybridized carbons (Fsp3) is 0.500. The number of rotatable bonds is 8. The zero-order valence-corrected chi connectivity index (χ0v) is 15.9. The standard InChI is InChI=1S/C20H28O5/c1-12(2)7-8-25-20(23)17(14(5)21)10-15-9-16(13(3)4)19(22)18(11-15)24-6/h9-13,22H,7-8H2,1-6H3. The van der Waals surface area contributed by atoms with E-state index in [0.29, 0.717) is 22.8 Å². The van der Waals surface area contributed by atoms with E-state index < -0.39 is 5.97 Å². The number of carbonyl (C=O) groups is 2. The molecule has 1 aromatic rings. The Morgan fingerprint density at radius 3 is 2.32 bits per heavy atom. The SMILES string of the molecule is COc1cc(C=C(C(C)=O)C(=O)OCCC(C)C)cc(C(C)C)c1O. The molecule has 0 heterocycles. The molecule has 0 spiro atoms. The molecule has 138 valence electrons. The van der Waals surface area contributed by atoms with Crippen LogP contribution in [0.2, 0.25) is 0 Å². The molecule has 1 rings (SSSR count). The fourth-order valence-corrected chi connectivity index (χ4v) is 2.27. The third-order valence-corrected chi connectivity index (χ3v) is 3.81. The van der Waals surface area contributed by atoms with Crippen LogP contribution >= 0.6 is 0 Å². The van der Waals surface area contributed by atoms with E-state index in [0.717, 1.165) is 6.42 Å². The van der Waals surface area contributed by atoms with E-state index in [1.54, 1.807) is 12.1 Å². The molecule has 0 radical (unpaired) electrons. The summed E-state index contributed by atoms with van der Waals surface area (Å²) in [5.74, 6) is -0.167. The van der Waals surface area contributed by atoms with Gasteiger partial charge in [0.05, 0.1) is 13.7 Å². The summed E-state index contributed by atoms with van der Waals surface area (Å²) >= 11 is 0. The van der Waals surface area contributed by atoms with E-state index >= 15 is 0 Å². The Hall–Kier alpha value is -2.30. The molecule has 1 aromatic carbocycles. The van der Waals surface area contributed by atoms with Gasteiger partial charge in [0.2, 0.25) is 0 Å². The van der Waals surface area contributed by atoms with Crippen LogP contribution in [0.5, 0.6) is 11.5 Å². The Balaban J connectivity index is 3.20. The van der Waals surface area contributed by atoms with E-state index in [2.05, 4.69) is 0 Å². The van der Waals surface area contributed by atoms with Crippen molar-refractivity contribution in [1.82, 2.24) is 0 Å². The lowest BCUT2D eigenvalue weighted by molar-refractivity contribution is -0.140. The summed E-state index contributed by atoms with van der Waals surface area (Å²) in [6.07, 6.45) is 2.22. The molecular weight excluding hydrogens is 320 g/mol. The zero-order valence-electron chi connectivity index (χ0n) is 15.9. The first-order valence-corrected chi connectivity index (χ1v) is 8.48. The summed E-state index contributed by atoms with van der Waals surface area (Å²) < 4.78 is 10.4. The van der Waals surface area contributed by atoms with Crippen molar-refractivity contribution in [3.8, 4) is 11.5 Å². The number of methoxy groups -OCH3 is 1. The fourth-order valence-electron chi connectivity index (χ4n) is 2.27. The van der Waals surface area contributed by atoms with Crippen LogP contribution in [0.3, 0.4) is 0 Å². The van der Waals surface area contributed by atoms with Crippen molar-refractivity contribution in [2.45, 2.75) is 47.0 Å². The zero-order chi connectivity index (χ0) is 19.1. The molecule has 0 aliphatic heterocycles. The van der Waals surface area contributed by atoms with Crippen LogP contribution in [-0.2, 0) is 14.3 Å². The molecule has 5 heteroatoms. The molecule has 0 saturated carbocycles. The van der Waals surface area contributed by atoms with Gasteiger partial charge in [0.1, 0.15) is 5.57 Å². The van der Waals surface area contributed by atoms with Crippen molar-refractivity contribution >= 4 is 17.8 Å². The highest BCUT2D eigenvalue weighted by atomic mass is 16.5. The van der Waals surface area contributed by atoms with Gasteiger partial charge in [-0.2, -0.15) is 0 Å². The predicted molar refractivity (Wildman–Crippen MR) is 97.8 cm³/mol. The summed E-state index contributed by atoms with van der Waals surface area (Å²) in [6, 6.07) is 3.33. The molecule has 0 saturated heterocycles. The Morgan fingerprint density at radius 1 is 1.20 bits per heavy atom. The molecule has 1 N–H and O–H groups in total. The van der Waals surface area contributed by atoms with Gasteiger partial charge in [0, 0.05) is 5.56 Å². The molecule has 0 unspecified atom stereocenters. The maximum Gasteiger partial charge on any atom is 0.341 e. The van der Waals surface area contributed by atoms with Gasteiger partial charge in [-0.3, -0.25) is 4.79 Å². The maximum atomic E-state index is 12.2. The number of Topliss-reactive ketones (excluding diaryl/α,β-unsaturated/α-hetero) is 1. The van der Waals surface area contributed by atoms with E-state index in [-0.39, 0.29) is 29.6 Å². The summed E-state index contributed by atoms with van der Waals surface area (Å²) in [4.78, 5) is 24.1. The highest BCUT2D eigenvalue weighted by Crippen LogP contribution is 2.36. The topological polar surface area (TPSA) is 72.8 Å². The first-order chi connectivity index (χ1) is 11.7. The quantitative estimate of drug-likeness (QED) is 0.332. The summed E-state index contributed by atoms with van der Waals surface area (Å²) in [5.41, 5.74) is 1.26. The van der Waals surface area contributed by atoms with Gasteiger partial charge in [0.25, 0.3) is 0 Å². The van der Waals surface area contributed by atoms with Crippen LogP contribution in [0.1, 0.15) is 58.1 Å². The Kier molecular flexibility index (Phi) is 7.68. The van der Waals surface area contributed by atoms with Crippen LogP contribution < -0.4 is 4.74 Å². The van der Waals surface area contributed by atoms with Crippen molar-refractivity contribution in [1.29, 1.82) is 0 Å². The van der Waals surface area contributed by atoms with Gasteiger partial charge < -0.3 is 14.6 Å². The number of aromatic hydroxyl groups is 1. The second-order valence-electron chi connectivity index (χ2n) is 6.75. The van der Waals surface area contributed by atoms with Gasteiger partial charge in [-0.1, -0.05) is 27.7 Å². The number of phenolic OH excluding ortho intramolecular Hbond substituents is 1. The second kappa shape index (κ2) is 9.25. The van der Waals surface area contributed by atoms with Crippen molar-refractivity contribution in [2.75, 3.05) is 13.7 Å². The van der Waals surface area contributed by atoms with Gasteiger partial charge in [-0.25, -0.2) is 4.79 Å². The first kappa shape index (κ1) is 20.7. The van der Waals surface area contributed by atoms with E-state index in [1.165, 1.54) is 20.1 Å². The smallest absolute Gasteiger partial charge is 0.341 e. The first-order valence-electron chi connectivity index (χ1n) is 8.48. The molecule has 25 heavy (non-hydrogen) atoms. The van der Waals surface area contributed by atoms with Crippen molar-refractivity contribution < 1.29 is 24.2 Å². The number of benzene rings is 1. The lowest BCUT2D eigenvalue weighted by atomic mass is 9.97. The Labute approximate surface area is 149 Å². The molecule has 0 fully saturated rings. The number of phenols is 1. The minimum absolute atomic E-state index is 0.0220. The van der Waals surface area contributed by atoms with E-state index in [4.69, 9.17) is 9.47 Å². The second-order valence-corrected chi connectivity index (χ2v) is 6.75. The third kappa shape index (κ3) is 5.93. The van der Waals surface area contributed by atoms with Crippen molar-refractivity contribution in [3.05, 3.63) is 28.8 Å². The number of carbonyl (C=O) groups excluding carboxylic acids is 2. The molecule has 0 aliphatic carbocycles. The third-order valence-electron chi connectivity index (χ3n) is 3.81. The molecular formula is C20H28O5. The summed E-state index contributed by atoms with van der Waals surface area (Å²) in [7, 11) is 1.46. The number of hydrogen-bond acceptors (Lipinski definition) is 5.